The molecule has 4 heteroatoms. The Bertz CT molecular complexity index is 347. The van der Waals surface area contributed by atoms with Crippen LogP contribution in [0.4, 0.5) is 0 Å². The van der Waals surface area contributed by atoms with Crippen LogP contribution in [-0.4, -0.2) is 34.0 Å². The monoisotopic (exact) mass is 222 g/mol. The fourth-order valence-corrected chi connectivity index (χ4v) is 1.58. The Labute approximate surface area is 95.9 Å². The highest BCUT2D eigenvalue weighted by atomic mass is 16.3. The molecule has 0 radical (unpaired) electrons. The third-order valence-electron chi connectivity index (χ3n) is 2.25. The number of rotatable bonds is 5. The van der Waals surface area contributed by atoms with Gasteiger partial charge in [0.1, 0.15) is 5.75 Å². The minimum Gasteiger partial charge on any atom is -0.506 e. The summed E-state index contributed by atoms with van der Waals surface area (Å²) in [5.41, 5.74) is 0.446. The van der Waals surface area contributed by atoms with E-state index in [1.54, 1.807) is 4.90 Å². The zero-order valence-electron chi connectivity index (χ0n) is 9.81. The largest absolute Gasteiger partial charge is 0.506 e. The van der Waals surface area contributed by atoms with Gasteiger partial charge in [-0.25, -0.2) is 0 Å². The molecule has 0 bridgehead atoms. The lowest BCUT2D eigenvalue weighted by atomic mass is 10.2. The van der Waals surface area contributed by atoms with Crippen LogP contribution in [0.1, 0.15) is 37.0 Å². The molecular weight excluding hydrogens is 204 g/mol. The van der Waals surface area contributed by atoms with Crippen LogP contribution in [0.5, 0.6) is 5.75 Å². The molecule has 0 saturated heterocycles. The standard InChI is InChI=1S/C12H18N2O2/c1-3-5-14(6-4-2)12(16)10-7-11(15)9-13-8-10/h7-9,15H,3-6H2,1-2H3. The van der Waals surface area contributed by atoms with Gasteiger partial charge in [0.2, 0.25) is 0 Å². The third-order valence-corrected chi connectivity index (χ3v) is 2.25. The molecule has 0 fully saturated rings. The zero-order valence-corrected chi connectivity index (χ0v) is 9.81. The summed E-state index contributed by atoms with van der Waals surface area (Å²) in [4.78, 5) is 17.7. The second-order valence-electron chi connectivity index (χ2n) is 3.72. The first-order valence-electron chi connectivity index (χ1n) is 5.62. The molecule has 0 spiro atoms. The molecule has 88 valence electrons. The van der Waals surface area contributed by atoms with E-state index in [9.17, 15) is 9.90 Å². The summed E-state index contributed by atoms with van der Waals surface area (Å²) in [6, 6.07) is 1.45. The normalized spacial score (nSPS) is 10.1. The van der Waals surface area contributed by atoms with Crippen LogP contribution in [0, 0.1) is 0 Å². The molecule has 0 aliphatic rings. The fourth-order valence-electron chi connectivity index (χ4n) is 1.58. The number of amides is 1. The Morgan fingerprint density at radius 3 is 2.44 bits per heavy atom. The van der Waals surface area contributed by atoms with Crippen molar-refractivity contribution in [2.45, 2.75) is 26.7 Å². The second kappa shape index (κ2) is 6.10. The van der Waals surface area contributed by atoms with E-state index < -0.39 is 0 Å². The zero-order chi connectivity index (χ0) is 12.0. The molecule has 4 nitrogen and oxygen atoms in total. The minimum atomic E-state index is -0.0629. The molecule has 1 heterocycles. The van der Waals surface area contributed by atoms with E-state index in [1.807, 2.05) is 13.8 Å². The highest BCUT2D eigenvalue weighted by Gasteiger charge is 2.14. The first-order valence-corrected chi connectivity index (χ1v) is 5.62. The molecule has 0 aliphatic carbocycles. The number of hydrogen-bond acceptors (Lipinski definition) is 3. The number of nitrogens with zero attached hydrogens (tertiary/aromatic N) is 2. The maximum Gasteiger partial charge on any atom is 0.255 e. The van der Waals surface area contributed by atoms with E-state index >= 15 is 0 Å². The van der Waals surface area contributed by atoms with Gasteiger partial charge in [0.15, 0.2) is 0 Å². The SMILES string of the molecule is CCCN(CCC)C(=O)c1cncc(O)c1. The molecule has 0 atom stereocenters. The van der Waals surface area contributed by atoms with E-state index in [0.29, 0.717) is 5.56 Å². The summed E-state index contributed by atoms with van der Waals surface area (Å²) < 4.78 is 0. The highest BCUT2D eigenvalue weighted by Crippen LogP contribution is 2.11. The van der Waals surface area contributed by atoms with Gasteiger partial charge in [-0.1, -0.05) is 13.8 Å². The molecule has 0 aromatic carbocycles. The molecule has 1 amide bonds. The lowest BCUT2D eigenvalue weighted by Crippen LogP contribution is -2.32. The van der Waals surface area contributed by atoms with Gasteiger partial charge in [0.25, 0.3) is 5.91 Å². The summed E-state index contributed by atoms with van der Waals surface area (Å²) in [5.74, 6) is -0.0362. The van der Waals surface area contributed by atoms with Gasteiger partial charge in [-0.05, 0) is 18.9 Å². The van der Waals surface area contributed by atoms with Gasteiger partial charge >= 0.3 is 0 Å². The van der Waals surface area contributed by atoms with E-state index in [4.69, 9.17) is 0 Å². The van der Waals surface area contributed by atoms with Crippen molar-refractivity contribution in [2.24, 2.45) is 0 Å². The Kier molecular flexibility index (Phi) is 4.76. The lowest BCUT2D eigenvalue weighted by molar-refractivity contribution is 0.0754. The van der Waals surface area contributed by atoms with E-state index in [1.165, 1.54) is 18.5 Å². The van der Waals surface area contributed by atoms with E-state index in [2.05, 4.69) is 4.98 Å². The predicted molar refractivity (Wildman–Crippen MR) is 62.4 cm³/mol. The van der Waals surface area contributed by atoms with Crippen molar-refractivity contribution in [1.29, 1.82) is 0 Å². The molecule has 1 aromatic rings. The fraction of sp³-hybridized carbons (Fsp3) is 0.500. The first-order chi connectivity index (χ1) is 7.69. The van der Waals surface area contributed by atoms with E-state index in [-0.39, 0.29) is 11.7 Å². The highest BCUT2D eigenvalue weighted by molar-refractivity contribution is 5.94. The number of aromatic nitrogens is 1. The summed E-state index contributed by atoms with van der Waals surface area (Å²) in [6.07, 6.45) is 4.66. The topological polar surface area (TPSA) is 53.4 Å². The van der Waals surface area contributed by atoms with Crippen molar-refractivity contribution < 1.29 is 9.90 Å². The average molecular weight is 222 g/mol. The van der Waals surface area contributed by atoms with Crippen molar-refractivity contribution in [1.82, 2.24) is 9.88 Å². The van der Waals surface area contributed by atoms with E-state index in [0.717, 1.165) is 25.9 Å². The van der Waals surface area contributed by atoms with Crippen LogP contribution in [0.3, 0.4) is 0 Å². The van der Waals surface area contributed by atoms with Gasteiger partial charge < -0.3 is 10.0 Å². The molecular formula is C12H18N2O2. The van der Waals surface area contributed by atoms with Crippen molar-refractivity contribution in [3.8, 4) is 5.75 Å². The van der Waals surface area contributed by atoms with Gasteiger partial charge in [-0.2, -0.15) is 0 Å². The van der Waals surface area contributed by atoms with Crippen molar-refractivity contribution in [3.05, 3.63) is 24.0 Å². The summed E-state index contributed by atoms with van der Waals surface area (Å²) in [6.45, 7) is 5.55. The van der Waals surface area contributed by atoms with Gasteiger partial charge in [0, 0.05) is 19.3 Å². The number of carbonyl (C=O) groups excluding carboxylic acids is 1. The predicted octanol–water partition coefficient (Wildman–Crippen LogP) is 2.05. The lowest BCUT2D eigenvalue weighted by Gasteiger charge is -2.21. The Balaban J connectivity index is 2.81. The molecule has 16 heavy (non-hydrogen) atoms. The minimum absolute atomic E-state index is 0.0267. The second-order valence-corrected chi connectivity index (χ2v) is 3.72. The van der Waals surface area contributed by atoms with Gasteiger partial charge in [-0.15, -0.1) is 0 Å². The quantitative estimate of drug-likeness (QED) is 0.829. The number of hydrogen-bond donors (Lipinski definition) is 1. The summed E-state index contributed by atoms with van der Waals surface area (Å²) in [5, 5.41) is 9.27. The van der Waals surface area contributed by atoms with Crippen LogP contribution in [0.2, 0.25) is 0 Å². The van der Waals surface area contributed by atoms with Crippen LogP contribution >= 0.6 is 0 Å². The Morgan fingerprint density at radius 2 is 1.94 bits per heavy atom. The van der Waals surface area contributed by atoms with Crippen LogP contribution in [0.25, 0.3) is 0 Å². The van der Waals surface area contributed by atoms with Gasteiger partial charge in [0.05, 0.1) is 11.8 Å². The third kappa shape index (κ3) is 3.22. The average Bonchev–Trinajstić information content (AvgIpc) is 2.28. The number of pyridine rings is 1. The Hall–Kier alpha value is -1.58. The van der Waals surface area contributed by atoms with Crippen molar-refractivity contribution in [3.63, 3.8) is 0 Å². The molecule has 0 aliphatic heterocycles. The molecule has 0 saturated carbocycles. The Morgan fingerprint density at radius 1 is 1.31 bits per heavy atom. The molecule has 1 N–H and O–H groups in total. The van der Waals surface area contributed by atoms with Crippen molar-refractivity contribution >= 4 is 5.91 Å². The number of carbonyl (C=O) groups is 1. The first kappa shape index (κ1) is 12.5. The molecule has 0 unspecified atom stereocenters. The van der Waals surface area contributed by atoms with Gasteiger partial charge in [-0.3, -0.25) is 9.78 Å². The smallest absolute Gasteiger partial charge is 0.255 e. The van der Waals surface area contributed by atoms with Crippen LogP contribution < -0.4 is 0 Å². The maximum absolute atomic E-state index is 12.1. The molecule has 1 rings (SSSR count). The van der Waals surface area contributed by atoms with Crippen LogP contribution in [-0.2, 0) is 0 Å². The van der Waals surface area contributed by atoms with Crippen molar-refractivity contribution in [2.75, 3.05) is 13.1 Å². The van der Waals surface area contributed by atoms with Crippen LogP contribution in [0.15, 0.2) is 18.5 Å². The molecule has 1 aromatic heterocycles. The number of aromatic hydroxyl groups is 1. The summed E-state index contributed by atoms with van der Waals surface area (Å²) in [7, 11) is 0. The maximum atomic E-state index is 12.1. The summed E-state index contributed by atoms with van der Waals surface area (Å²) >= 11 is 0.